The molecule has 9 heteroatoms. The van der Waals surface area contributed by atoms with Crippen molar-refractivity contribution in [2.75, 3.05) is 22.8 Å². The molecule has 0 aliphatic carbocycles. The van der Waals surface area contributed by atoms with E-state index in [0.717, 1.165) is 0 Å². The third kappa shape index (κ3) is 5.84. The van der Waals surface area contributed by atoms with Gasteiger partial charge in [-0.3, -0.25) is 9.78 Å². The third-order valence-electron chi connectivity index (χ3n) is 5.04. The molecule has 36 heavy (non-hydrogen) atoms. The fourth-order valence-electron chi connectivity index (χ4n) is 3.39. The Hall–Kier alpha value is -5.18. The molecule has 1 aromatic heterocycles. The topological polar surface area (TPSA) is 105 Å². The molecule has 1 heterocycles. The van der Waals surface area contributed by atoms with Crippen LogP contribution in [0.5, 0.6) is 17.2 Å². The van der Waals surface area contributed by atoms with E-state index in [-0.39, 0.29) is 5.91 Å². The third-order valence-corrected chi connectivity index (χ3v) is 5.04. The minimum absolute atomic E-state index is 0.316. The molecule has 0 aliphatic heterocycles. The highest BCUT2D eigenvalue weighted by Crippen LogP contribution is 2.36. The summed E-state index contributed by atoms with van der Waals surface area (Å²) in [5.41, 5.74) is 2.76. The molecule has 1 amide bonds. The number of pyridine rings is 1. The number of ether oxygens (including phenoxy) is 2. The van der Waals surface area contributed by atoms with Gasteiger partial charge in [-0.2, -0.15) is 5.01 Å². The summed E-state index contributed by atoms with van der Waals surface area (Å²) >= 11 is 0. The van der Waals surface area contributed by atoms with Crippen LogP contribution in [-0.2, 0) is 4.79 Å². The molecular weight excluding hydrogens is 458 g/mol. The maximum atomic E-state index is 12.0. The maximum Gasteiger partial charge on any atom is 0.247 e. The number of nitrogens with one attached hydrogen (secondary N) is 2. The Morgan fingerprint density at radius 2 is 1.69 bits per heavy atom. The van der Waals surface area contributed by atoms with Crippen molar-refractivity contribution in [3.63, 3.8) is 0 Å². The fraction of sp³-hybridized carbons (Fsp3) is 0.0370. The number of rotatable bonds is 10. The Bertz CT molecular complexity index is 1390. The Labute approximate surface area is 208 Å². The van der Waals surface area contributed by atoms with Crippen LogP contribution in [0.3, 0.4) is 0 Å². The Morgan fingerprint density at radius 3 is 2.47 bits per heavy atom. The zero-order valence-corrected chi connectivity index (χ0v) is 19.4. The highest BCUT2D eigenvalue weighted by molar-refractivity contribution is 5.99. The molecule has 0 radical (unpaired) electrons. The van der Waals surface area contributed by atoms with Crippen LogP contribution >= 0.6 is 0 Å². The molecule has 9 nitrogen and oxygen atoms in total. The summed E-state index contributed by atoms with van der Waals surface area (Å²) in [6, 6.07) is 23.0. The maximum absolute atomic E-state index is 12.0. The number of carbonyl (C=O) groups is 1. The summed E-state index contributed by atoms with van der Waals surface area (Å²) in [6.07, 6.45) is 4.32. The van der Waals surface area contributed by atoms with Crippen LogP contribution < -0.4 is 25.1 Å². The molecule has 2 N–H and O–H groups in total. The van der Waals surface area contributed by atoms with Gasteiger partial charge in [-0.25, -0.2) is 0 Å². The molecule has 0 saturated carbocycles. The molecule has 0 fully saturated rings. The number of carbonyl (C=O) groups excluding carboxylic acids is 1. The number of benzene rings is 3. The van der Waals surface area contributed by atoms with E-state index in [9.17, 15) is 9.70 Å². The average Bonchev–Trinajstić information content (AvgIpc) is 2.90. The number of amides is 1. The predicted octanol–water partition coefficient (Wildman–Crippen LogP) is 6.57. The zero-order valence-electron chi connectivity index (χ0n) is 19.4. The van der Waals surface area contributed by atoms with Gasteiger partial charge in [0.1, 0.15) is 22.9 Å². The van der Waals surface area contributed by atoms with Crippen LogP contribution in [0.2, 0.25) is 0 Å². The molecule has 3 aromatic carbocycles. The van der Waals surface area contributed by atoms with Crippen molar-refractivity contribution in [1.29, 1.82) is 0 Å². The first-order valence-corrected chi connectivity index (χ1v) is 10.9. The van der Waals surface area contributed by atoms with Gasteiger partial charge in [0, 0.05) is 29.7 Å². The average molecular weight is 482 g/mol. The van der Waals surface area contributed by atoms with E-state index in [0.29, 0.717) is 45.7 Å². The lowest BCUT2D eigenvalue weighted by atomic mass is 10.2. The molecule has 0 spiro atoms. The number of hydrogen-bond donors (Lipinski definition) is 2. The van der Waals surface area contributed by atoms with Gasteiger partial charge in [-0.15, -0.1) is 4.91 Å². The normalized spacial score (nSPS) is 10.1. The lowest BCUT2D eigenvalue weighted by Crippen LogP contribution is -2.11. The van der Waals surface area contributed by atoms with E-state index in [1.807, 2.05) is 18.2 Å². The van der Waals surface area contributed by atoms with Crippen molar-refractivity contribution in [3.05, 3.63) is 109 Å². The summed E-state index contributed by atoms with van der Waals surface area (Å²) < 4.78 is 11.2. The van der Waals surface area contributed by atoms with E-state index in [2.05, 4.69) is 27.5 Å². The van der Waals surface area contributed by atoms with Crippen LogP contribution in [0.1, 0.15) is 0 Å². The van der Waals surface area contributed by atoms with Crippen LogP contribution in [0.25, 0.3) is 0 Å². The number of anilines is 5. The predicted molar refractivity (Wildman–Crippen MR) is 140 cm³/mol. The second-order valence-corrected chi connectivity index (χ2v) is 7.46. The van der Waals surface area contributed by atoms with Crippen LogP contribution in [0.4, 0.5) is 28.4 Å². The van der Waals surface area contributed by atoms with Crippen LogP contribution in [-0.4, -0.2) is 18.0 Å². The van der Waals surface area contributed by atoms with E-state index in [4.69, 9.17) is 9.47 Å². The largest absolute Gasteiger partial charge is 0.497 e. The summed E-state index contributed by atoms with van der Waals surface area (Å²) in [4.78, 5) is 27.8. The van der Waals surface area contributed by atoms with E-state index in [1.165, 1.54) is 17.3 Å². The molecular formula is C27H23N5O4. The van der Waals surface area contributed by atoms with Gasteiger partial charge in [-0.05, 0) is 54.6 Å². The molecule has 0 unspecified atom stereocenters. The van der Waals surface area contributed by atoms with Gasteiger partial charge >= 0.3 is 0 Å². The van der Waals surface area contributed by atoms with Crippen molar-refractivity contribution in [2.24, 2.45) is 5.29 Å². The highest BCUT2D eigenvalue weighted by Gasteiger charge is 2.16. The second kappa shape index (κ2) is 11.3. The number of nitrogens with zero attached hydrogens (tertiary/aromatic N) is 3. The smallest absolute Gasteiger partial charge is 0.247 e. The lowest BCUT2D eigenvalue weighted by Gasteiger charge is -2.20. The zero-order chi connectivity index (χ0) is 25.3. The fourth-order valence-corrected chi connectivity index (χ4v) is 3.39. The number of nitroso groups, excluding NO2 is 1. The Kier molecular flexibility index (Phi) is 7.52. The molecule has 4 rings (SSSR count). The van der Waals surface area contributed by atoms with Crippen LogP contribution in [0, 0.1) is 4.91 Å². The summed E-state index contributed by atoms with van der Waals surface area (Å²) in [7, 11) is 1.58. The standard InChI is InChI=1S/C27H23N5O4/c1-3-27(33)30-20-8-4-7-19(15-20)29-25-13-14-28-18-26(25)32(31-34)21-9-5-11-23(16-21)36-24-12-6-10-22(17-24)35-2/h3-18H,1H2,2H3,(H,28,29)(H,30,33). The molecule has 0 aliphatic rings. The summed E-state index contributed by atoms with van der Waals surface area (Å²) in [5, 5.41) is 10.4. The van der Waals surface area contributed by atoms with Gasteiger partial charge in [-0.1, -0.05) is 24.8 Å². The van der Waals surface area contributed by atoms with Gasteiger partial charge in [0.2, 0.25) is 5.91 Å². The Morgan fingerprint density at radius 1 is 0.972 bits per heavy atom. The first kappa shape index (κ1) is 24.0. The van der Waals surface area contributed by atoms with Crippen molar-refractivity contribution >= 4 is 34.3 Å². The molecule has 0 atom stereocenters. The van der Waals surface area contributed by atoms with Gasteiger partial charge in [0.05, 0.1) is 30.0 Å². The lowest BCUT2D eigenvalue weighted by molar-refractivity contribution is -0.111. The Balaban J connectivity index is 1.60. The van der Waals surface area contributed by atoms with Gasteiger partial charge < -0.3 is 20.1 Å². The first-order valence-electron chi connectivity index (χ1n) is 10.9. The molecule has 180 valence electrons. The number of aromatic nitrogens is 1. The summed E-state index contributed by atoms with van der Waals surface area (Å²) in [6.45, 7) is 3.46. The van der Waals surface area contributed by atoms with Gasteiger partial charge in [0.15, 0.2) is 0 Å². The quantitative estimate of drug-likeness (QED) is 0.150. The first-order chi connectivity index (χ1) is 17.6. The number of hydrogen-bond acceptors (Lipinski definition) is 7. The highest BCUT2D eigenvalue weighted by atomic mass is 16.5. The second-order valence-electron chi connectivity index (χ2n) is 7.46. The van der Waals surface area contributed by atoms with Crippen molar-refractivity contribution < 1.29 is 14.3 Å². The molecule has 0 bridgehead atoms. The van der Waals surface area contributed by atoms with E-state index < -0.39 is 0 Å². The van der Waals surface area contributed by atoms with Crippen molar-refractivity contribution in [1.82, 2.24) is 4.98 Å². The minimum atomic E-state index is -0.316. The minimum Gasteiger partial charge on any atom is -0.497 e. The van der Waals surface area contributed by atoms with Crippen LogP contribution in [0.15, 0.2) is 109 Å². The van der Waals surface area contributed by atoms with E-state index >= 15 is 0 Å². The monoisotopic (exact) mass is 481 g/mol. The molecule has 4 aromatic rings. The van der Waals surface area contributed by atoms with Gasteiger partial charge in [0.25, 0.3) is 0 Å². The summed E-state index contributed by atoms with van der Waals surface area (Å²) in [5.74, 6) is 1.45. The SMILES string of the molecule is C=CC(=O)Nc1cccc(Nc2ccncc2N(N=O)c2cccc(Oc3cccc(OC)c3)c2)c1. The molecule has 0 saturated heterocycles. The van der Waals surface area contributed by atoms with E-state index in [1.54, 1.807) is 74.0 Å². The number of methoxy groups -OCH3 is 1. The van der Waals surface area contributed by atoms with Crippen molar-refractivity contribution in [3.8, 4) is 17.2 Å². The van der Waals surface area contributed by atoms with Crippen molar-refractivity contribution in [2.45, 2.75) is 0 Å².